The van der Waals surface area contributed by atoms with Crippen molar-refractivity contribution in [1.29, 1.82) is 0 Å². The summed E-state index contributed by atoms with van der Waals surface area (Å²) in [4.78, 5) is 23.9. The molecule has 2 aromatic heterocycles. The first-order valence-corrected chi connectivity index (χ1v) is 10.0. The molecule has 0 bridgehead atoms. The van der Waals surface area contributed by atoms with Crippen LogP contribution in [0.25, 0.3) is 11.0 Å². The number of methoxy groups -OCH3 is 2. The molecule has 0 fully saturated rings. The van der Waals surface area contributed by atoms with E-state index in [0.717, 1.165) is 11.1 Å². The number of carbonyl (C=O) groups is 1. The van der Waals surface area contributed by atoms with Crippen molar-refractivity contribution in [1.82, 2.24) is 14.9 Å². The van der Waals surface area contributed by atoms with E-state index in [-0.39, 0.29) is 18.3 Å². The Kier molecular flexibility index (Phi) is 8.30. The van der Waals surface area contributed by atoms with E-state index in [0.29, 0.717) is 52.2 Å². The minimum atomic E-state index is -0.114. The van der Waals surface area contributed by atoms with Crippen LogP contribution in [-0.4, -0.2) is 48.1 Å². The normalized spacial score (nSPS) is 10.4. The molecule has 0 aliphatic rings. The third-order valence-electron chi connectivity index (χ3n) is 4.88. The van der Waals surface area contributed by atoms with Crippen LogP contribution < -0.4 is 14.8 Å². The Morgan fingerprint density at radius 1 is 1.13 bits per heavy atom. The summed E-state index contributed by atoms with van der Waals surface area (Å²) in [5, 5.41) is 4.51. The predicted molar refractivity (Wildman–Crippen MR) is 127 cm³/mol. The van der Waals surface area contributed by atoms with Crippen LogP contribution in [0.3, 0.4) is 0 Å². The van der Waals surface area contributed by atoms with Crippen LogP contribution in [-0.2, 0) is 0 Å². The molecule has 0 spiro atoms. The number of pyridine rings is 2. The van der Waals surface area contributed by atoms with Gasteiger partial charge in [-0.15, -0.1) is 12.4 Å². The number of hydrogen-bond acceptors (Lipinski definition) is 6. The highest BCUT2D eigenvalue weighted by atomic mass is 35.5. The average Bonchev–Trinajstić information content (AvgIpc) is 2.75. The third kappa shape index (κ3) is 4.94. The lowest BCUT2D eigenvalue weighted by molar-refractivity contribution is 0.0773. The third-order valence-corrected chi connectivity index (χ3v) is 5.18. The Morgan fingerprint density at radius 3 is 2.42 bits per heavy atom. The molecule has 0 aliphatic carbocycles. The molecule has 0 saturated carbocycles. The van der Waals surface area contributed by atoms with Crippen LogP contribution in [0.4, 0.5) is 11.4 Å². The molecule has 0 aliphatic heterocycles. The van der Waals surface area contributed by atoms with E-state index in [4.69, 9.17) is 21.1 Å². The van der Waals surface area contributed by atoms with Gasteiger partial charge in [-0.25, -0.2) is 9.97 Å². The number of halogens is 2. The fourth-order valence-corrected chi connectivity index (χ4v) is 3.47. The van der Waals surface area contributed by atoms with Gasteiger partial charge in [-0.3, -0.25) is 4.79 Å². The van der Waals surface area contributed by atoms with E-state index in [1.54, 1.807) is 37.4 Å². The number of aromatic nitrogens is 2. The first-order valence-electron chi connectivity index (χ1n) is 9.67. The van der Waals surface area contributed by atoms with Gasteiger partial charge in [-0.2, -0.15) is 0 Å². The van der Waals surface area contributed by atoms with Crippen LogP contribution in [0.1, 0.15) is 29.9 Å². The largest absolute Gasteiger partial charge is 0.495 e. The molecule has 2 heterocycles. The highest BCUT2D eigenvalue weighted by molar-refractivity contribution is 6.32. The summed E-state index contributed by atoms with van der Waals surface area (Å²) < 4.78 is 10.8. The first-order chi connectivity index (χ1) is 14.4. The fraction of sp³-hybridized carbons (Fsp3) is 0.318. The molecule has 0 unspecified atom stereocenters. The van der Waals surface area contributed by atoms with Crippen molar-refractivity contribution in [2.75, 3.05) is 32.6 Å². The van der Waals surface area contributed by atoms with Crippen molar-refractivity contribution in [2.45, 2.75) is 20.8 Å². The molecular formula is C22H26Cl2N4O3. The second kappa shape index (κ2) is 10.5. The van der Waals surface area contributed by atoms with Gasteiger partial charge in [-0.1, -0.05) is 11.6 Å². The van der Waals surface area contributed by atoms with E-state index in [1.165, 1.54) is 0 Å². The first kappa shape index (κ1) is 24.5. The minimum absolute atomic E-state index is 0. The Labute approximate surface area is 193 Å². The molecule has 166 valence electrons. The summed E-state index contributed by atoms with van der Waals surface area (Å²) in [6, 6.07) is 7.20. The number of ether oxygens (including phenoxy) is 2. The van der Waals surface area contributed by atoms with Gasteiger partial charge in [0.15, 0.2) is 5.65 Å². The summed E-state index contributed by atoms with van der Waals surface area (Å²) in [6.45, 7) is 6.98. The van der Waals surface area contributed by atoms with Crippen LogP contribution in [0.15, 0.2) is 30.5 Å². The summed E-state index contributed by atoms with van der Waals surface area (Å²) in [5.41, 5.74) is 3.06. The zero-order chi connectivity index (χ0) is 21.8. The molecule has 7 nitrogen and oxygen atoms in total. The Hall–Kier alpha value is -2.77. The van der Waals surface area contributed by atoms with Crippen molar-refractivity contribution in [3.63, 3.8) is 0 Å². The van der Waals surface area contributed by atoms with Gasteiger partial charge in [-0.05, 0) is 32.9 Å². The number of aryl methyl sites for hydroxylation is 1. The second-order valence-corrected chi connectivity index (χ2v) is 7.07. The highest BCUT2D eigenvalue weighted by Gasteiger charge is 2.21. The van der Waals surface area contributed by atoms with Crippen LogP contribution >= 0.6 is 24.0 Å². The maximum Gasteiger partial charge on any atom is 0.257 e. The lowest BCUT2D eigenvalue weighted by Gasteiger charge is -2.22. The highest BCUT2D eigenvalue weighted by Crippen LogP contribution is 2.39. The molecule has 1 amide bonds. The van der Waals surface area contributed by atoms with Gasteiger partial charge in [0.05, 0.1) is 36.2 Å². The maximum absolute atomic E-state index is 13.2. The number of benzene rings is 1. The van der Waals surface area contributed by atoms with E-state index in [9.17, 15) is 4.79 Å². The number of carbonyl (C=O) groups excluding carboxylic acids is 1. The summed E-state index contributed by atoms with van der Waals surface area (Å²) in [5.74, 6) is 0.897. The van der Waals surface area contributed by atoms with Crippen LogP contribution in [0, 0.1) is 6.92 Å². The van der Waals surface area contributed by atoms with Gasteiger partial charge in [0.2, 0.25) is 0 Å². The SMILES string of the molecule is CCN(CC)C(=O)c1cnc2nc(C)ccc2c1Nc1cc(OC)c(Cl)cc1OC.Cl. The van der Waals surface area contributed by atoms with Crippen LogP contribution in [0.5, 0.6) is 11.5 Å². The maximum atomic E-state index is 13.2. The second-order valence-electron chi connectivity index (χ2n) is 6.66. The molecule has 3 rings (SSSR count). The van der Waals surface area contributed by atoms with E-state index in [1.807, 2.05) is 32.9 Å². The Morgan fingerprint density at radius 2 is 1.81 bits per heavy atom. The molecule has 0 radical (unpaired) electrons. The average molecular weight is 465 g/mol. The topological polar surface area (TPSA) is 76.6 Å². The number of amides is 1. The molecule has 1 N–H and O–H groups in total. The van der Waals surface area contributed by atoms with E-state index >= 15 is 0 Å². The van der Waals surface area contributed by atoms with Crippen molar-refractivity contribution >= 4 is 52.3 Å². The van der Waals surface area contributed by atoms with Crippen molar-refractivity contribution in [2.24, 2.45) is 0 Å². The number of hydrogen-bond donors (Lipinski definition) is 1. The molecule has 31 heavy (non-hydrogen) atoms. The lowest BCUT2D eigenvalue weighted by Crippen LogP contribution is -2.31. The predicted octanol–water partition coefficient (Wildman–Crippen LogP) is 5.26. The minimum Gasteiger partial charge on any atom is -0.495 e. The van der Waals surface area contributed by atoms with Gasteiger partial charge >= 0.3 is 0 Å². The monoisotopic (exact) mass is 464 g/mol. The summed E-state index contributed by atoms with van der Waals surface area (Å²) in [7, 11) is 3.10. The van der Waals surface area contributed by atoms with Gasteiger partial charge < -0.3 is 19.7 Å². The molecular weight excluding hydrogens is 439 g/mol. The standard InChI is InChI=1S/C22H25ClN4O3.ClH/c1-6-27(7-2)22(28)15-12-24-21-14(9-8-13(3)25-21)20(15)26-17-11-18(29-4)16(23)10-19(17)30-5;/h8-12H,6-7H2,1-5H3,(H,24,25,26);1H. The number of anilines is 2. The smallest absolute Gasteiger partial charge is 0.257 e. The van der Waals surface area contributed by atoms with E-state index < -0.39 is 0 Å². The fourth-order valence-electron chi connectivity index (χ4n) is 3.24. The zero-order valence-electron chi connectivity index (χ0n) is 18.2. The van der Waals surface area contributed by atoms with E-state index in [2.05, 4.69) is 15.3 Å². The zero-order valence-corrected chi connectivity index (χ0v) is 19.7. The number of nitrogens with zero attached hydrogens (tertiary/aromatic N) is 3. The Balaban J connectivity index is 0.00000341. The lowest BCUT2D eigenvalue weighted by atomic mass is 10.1. The van der Waals surface area contributed by atoms with Crippen molar-refractivity contribution in [3.8, 4) is 11.5 Å². The van der Waals surface area contributed by atoms with Gasteiger partial charge in [0.1, 0.15) is 11.5 Å². The molecule has 3 aromatic rings. The number of rotatable bonds is 7. The quantitative estimate of drug-likeness (QED) is 0.513. The van der Waals surface area contributed by atoms with Crippen LogP contribution in [0.2, 0.25) is 5.02 Å². The molecule has 0 saturated heterocycles. The number of nitrogens with one attached hydrogen (secondary N) is 1. The summed E-state index contributed by atoms with van der Waals surface area (Å²) in [6.07, 6.45) is 1.57. The molecule has 1 aromatic carbocycles. The van der Waals surface area contributed by atoms with Gasteiger partial charge in [0.25, 0.3) is 5.91 Å². The van der Waals surface area contributed by atoms with Gasteiger partial charge in [0, 0.05) is 42.5 Å². The molecule has 9 heteroatoms. The van der Waals surface area contributed by atoms with Crippen molar-refractivity contribution < 1.29 is 14.3 Å². The molecule has 0 atom stereocenters. The Bertz CT molecular complexity index is 1090. The van der Waals surface area contributed by atoms with Crippen molar-refractivity contribution in [3.05, 3.63) is 46.7 Å². The summed E-state index contributed by atoms with van der Waals surface area (Å²) >= 11 is 6.24. The number of fused-ring (bicyclic) bond motifs is 1.